The summed E-state index contributed by atoms with van der Waals surface area (Å²) < 4.78 is 0. The summed E-state index contributed by atoms with van der Waals surface area (Å²) in [5.41, 5.74) is 2.76. The lowest BCUT2D eigenvalue weighted by Crippen LogP contribution is -2.44. The van der Waals surface area contributed by atoms with Gasteiger partial charge in [0.15, 0.2) is 5.96 Å². The number of guanidine groups is 1. The molecule has 1 aliphatic carbocycles. The Morgan fingerprint density at radius 2 is 1.75 bits per heavy atom. The molecule has 0 bridgehead atoms. The second kappa shape index (κ2) is 10.3. The van der Waals surface area contributed by atoms with Gasteiger partial charge < -0.3 is 10.6 Å². The maximum absolute atomic E-state index is 4.40. The zero-order valence-corrected chi connectivity index (χ0v) is 15.6. The number of nitrogens with one attached hydrogen (secondary N) is 2. The summed E-state index contributed by atoms with van der Waals surface area (Å²) in [4.78, 5) is 6.86. The highest BCUT2D eigenvalue weighted by atomic mass is 15.2. The fourth-order valence-corrected chi connectivity index (χ4v) is 3.39. The molecular formula is C20H34N4. The predicted molar refractivity (Wildman–Crippen MR) is 103 cm³/mol. The van der Waals surface area contributed by atoms with E-state index in [-0.39, 0.29) is 0 Å². The van der Waals surface area contributed by atoms with E-state index in [1.165, 1.54) is 43.2 Å². The molecule has 0 saturated heterocycles. The van der Waals surface area contributed by atoms with Crippen molar-refractivity contribution in [3.05, 3.63) is 35.4 Å². The number of nitrogens with zero attached hydrogens (tertiary/aromatic N) is 2. The molecule has 0 radical (unpaired) electrons. The molecule has 1 saturated carbocycles. The molecule has 4 heteroatoms. The molecule has 1 aromatic rings. The Morgan fingerprint density at radius 3 is 2.38 bits per heavy atom. The molecule has 0 unspecified atom stereocenters. The fourth-order valence-electron chi connectivity index (χ4n) is 3.39. The minimum absolute atomic E-state index is 0.580. The Morgan fingerprint density at radius 1 is 1.08 bits per heavy atom. The minimum Gasteiger partial charge on any atom is -0.354 e. The summed E-state index contributed by atoms with van der Waals surface area (Å²) in [7, 11) is 1.86. The van der Waals surface area contributed by atoms with E-state index in [2.05, 4.69) is 58.6 Å². The molecule has 0 aliphatic heterocycles. The topological polar surface area (TPSA) is 39.7 Å². The van der Waals surface area contributed by atoms with Crippen molar-refractivity contribution in [3.63, 3.8) is 0 Å². The smallest absolute Gasteiger partial charge is 0.191 e. The van der Waals surface area contributed by atoms with Crippen LogP contribution in [0.2, 0.25) is 0 Å². The monoisotopic (exact) mass is 330 g/mol. The van der Waals surface area contributed by atoms with Crippen LogP contribution >= 0.6 is 0 Å². The second-order valence-electron chi connectivity index (χ2n) is 6.64. The quantitative estimate of drug-likeness (QED) is 0.593. The third-order valence-electron chi connectivity index (χ3n) is 5.02. The lowest BCUT2D eigenvalue weighted by atomic mass is 9.96. The molecular weight excluding hydrogens is 296 g/mol. The summed E-state index contributed by atoms with van der Waals surface area (Å²) >= 11 is 0. The van der Waals surface area contributed by atoms with Crippen molar-refractivity contribution in [1.29, 1.82) is 0 Å². The predicted octanol–water partition coefficient (Wildman–Crippen LogP) is 3.53. The highest BCUT2D eigenvalue weighted by Gasteiger charge is 2.14. The first-order chi connectivity index (χ1) is 11.8. The van der Waals surface area contributed by atoms with Crippen molar-refractivity contribution < 1.29 is 0 Å². The van der Waals surface area contributed by atoms with Gasteiger partial charge in [-0.3, -0.25) is 9.89 Å². The van der Waals surface area contributed by atoms with Gasteiger partial charge in [0.1, 0.15) is 0 Å². The average Bonchev–Trinajstić information content (AvgIpc) is 2.64. The van der Waals surface area contributed by atoms with Gasteiger partial charge in [-0.05, 0) is 37.1 Å². The number of benzene rings is 1. The maximum atomic E-state index is 4.40. The van der Waals surface area contributed by atoms with E-state index in [9.17, 15) is 0 Å². The molecule has 2 rings (SSSR count). The Bertz CT molecular complexity index is 502. The van der Waals surface area contributed by atoms with Gasteiger partial charge in [0.2, 0.25) is 0 Å². The van der Waals surface area contributed by atoms with Crippen LogP contribution in [0.4, 0.5) is 0 Å². The first kappa shape index (κ1) is 18.8. The van der Waals surface area contributed by atoms with Crippen LogP contribution in [0.25, 0.3) is 0 Å². The minimum atomic E-state index is 0.580. The lowest BCUT2D eigenvalue weighted by molar-refractivity contribution is 0.295. The second-order valence-corrected chi connectivity index (χ2v) is 6.64. The molecule has 0 spiro atoms. The Balaban J connectivity index is 1.92. The van der Waals surface area contributed by atoms with Crippen molar-refractivity contribution in [2.75, 3.05) is 20.1 Å². The zero-order chi connectivity index (χ0) is 17.2. The van der Waals surface area contributed by atoms with Gasteiger partial charge in [-0.2, -0.15) is 0 Å². The molecule has 24 heavy (non-hydrogen) atoms. The summed E-state index contributed by atoms with van der Waals surface area (Å²) in [6.07, 6.45) is 6.57. The van der Waals surface area contributed by atoms with Gasteiger partial charge in [-0.1, -0.05) is 57.4 Å². The van der Waals surface area contributed by atoms with E-state index >= 15 is 0 Å². The van der Waals surface area contributed by atoms with Crippen LogP contribution in [0.1, 0.15) is 57.1 Å². The lowest BCUT2D eigenvalue weighted by Gasteiger charge is -2.25. The number of hydrogen-bond acceptors (Lipinski definition) is 2. The molecule has 4 nitrogen and oxygen atoms in total. The SMILES string of the molecule is CCN(CC)Cc1ccccc1CNC(=NC)NC1CCCCC1. The van der Waals surface area contributed by atoms with Gasteiger partial charge >= 0.3 is 0 Å². The van der Waals surface area contributed by atoms with Crippen LogP contribution < -0.4 is 10.6 Å². The van der Waals surface area contributed by atoms with Crippen LogP contribution in [0.5, 0.6) is 0 Å². The van der Waals surface area contributed by atoms with Gasteiger partial charge in [0, 0.05) is 26.2 Å². The summed E-state index contributed by atoms with van der Waals surface area (Å²) in [6, 6.07) is 9.31. The van der Waals surface area contributed by atoms with Crippen LogP contribution in [-0.4, -0.2) is 37.0 Å². The molecule has 1 aromatic carbocycles. The Hall–Kier alpha value is -1.55. The molecule has 2 N–H and O–H groups in total. The van der Waals surface area contributed by atoms with E-state index in [1.807, 2.05) is 7.05 Å². The van der Waals surface area contributed by atoms with Crippen LogP contribution in [-0.2, 0) is 13.1 Å². The van der Waals surface area contributed by atoms with Crippen molar-refractivity contribution in [1.82, 2.24) is 15.5 Å². The van der Waals surface area contributed by atoms with Crippen molar-refractivity contribution >= 4 is 5.96 Å². The van der Waals surface area contributed by atoms with E-state index in [4.69, 9.17) is 0 Å². The molecule has 134 valence electrons. The first-order valence-corrected chi connectivity index (χ1v) is 9.53. The van der Waals surface area contributed by atoms with E-state index < -0.39 is 0 Å². The highest BCUT2D eigenvalue weighted by Crippen LogP contribution is 2.17. The average molecular weight is 331 g/mol. The number of hydrogen-bond donors (Lipinski definition) is 2. The third-order valence-corrected chi connectivity index (χ3v) is 5.02. The molecule has 0 aromatic heterocycles. The van der Waals surface area contributed by atoms with Crippen LogP contribution in [0, 0.1) is 0 Å². The summed E-state index contributed by atoms with van der Waals surface area (Å²) in [5.74, 6) is 0.930. The Labute approximate surface area is 147 Å². The van der Waals surface area contributed by atoms with Crippen LogP contribution in [0.15, 0.2) is 29.3 Å². The third kappa shape index (κ3) is 5.82. The normalized spacial score (nSPS) is 16.4. The standard InChI is InChI=1S/C20H34N4/c1-4-24(5-2)16-18-12-10-9-11-17(18)15-22-20(21-3)23-19-13-7-6-8-14-19/h9-12,19H,4-8,13-16H2,1-3H3,(H2,21,22,23). The molecule has 0 heterocycles. The first-order valence-electron chi connectivity index (χ1n) is 9.53. The summed E-state index contributed by atoms with van der Waals surface area (Å²) in [5, 5.41) is 7.09. The molecule has 0 amide bonds. The van der Waals surface area contributed by atoms with Crippen LogP contribution in [0.3, 0.4) is 0 Å². The van der Waals surface area contributed by atoms with Crippen molar-refractivity contribution in [2.24, 2.45) is 4.99 Å². The molecule has 0 atom stereocenters. The Kier molecular flexibility index (Phi) is 8.10. The number of rotatable bonds is 7. The van der Waals surface area contributed by atoms with Crippen molar-refractivity contribution in [2.45, 2.75) is 65.1 Å². The highest BCUT2D eigenvalue weighted by molar-refractivity contribution is 5.80. The maximum Gasteiger partial charge on any atom is 0.191 e. The number of aliphatic imine (C=N–C) groups is 1. The molecule has 1 aliphatic rings. The van der Waals surface area contributed by atoms with E-state index in [0.29, 0.717) is 6.04 Å². The summed E-state index contributed by atoms with van der Waals surface area (Å²) in [6.45, 7) is 8.45. The fraction of sp³-hybridized carbons (Fsp3) is 0.650. The van der Waals surface area contributed by atoms with Gasteiger partial charge in [-0.15, -0.1) is 0 Å². The zero-order valence-electron chi connectivity index (χ0n) is 15.6. The van der Waals surface area contributed by atoms with Gasteiger partial charge in [0.25, 0.3) is 0 Å². The van der Waals surface area contributed by atoms with Gasteiger partial charge in [0.05, 0.1) is 0 Å². The van der Waals surface area contributed by atoms with Gasteiger partial charge in [-0.25, -0.2) is 0 Å². The van der Waals surface area contributed by atoms with Crippen molar-refractivity contribution in [3.8, 4) is 0 Å². The largest absolute Gasteiger partial charge is 0.354 e. The molecule has 1 fully saturated rings. The van der Waals surface area contributed by atoms with E-state index in [0.717, 1.165) is 32.1 Å². The van der Waals surface area contributed by atoms with E-state index in [1.54, 1.807) is 0 Å².